The van der Waals surface area contributed by atoms with Crippen molar-refractivity contribution in [2.24, 2.45) is 5.73 Å². The summed E-state index contributed by atoms with van der Waals surface area (Å²) in [6.45, 7) is 8.54. The Labute approximate surface area is 217 Å². The van der Waals surface area contributed by atoms with Gasteiger partial charge in [-0.05, 0) is 65.6 Å². The lowest BCUT2D eigenvalue weighted by molar-refractivity contribution is -0.138. The monoisotopic (exact) mass is 508 g/mol. The van der Waals surface area contributed by atoms with Crippen molar-refractivity contribution in [1.29, 1.82) is 0 Å². The summed E-state index contributed by atoms with van der Waals surface area (Å²) in [6, 6.07) is 7.97. The van der Waals surface area contributed by atoms with Gasteiger partial charge in [-0.25, -0.2) is 9.97 Å². The maximum absolute atomic E-state index is 10.9. The second kappa shape index (κ2) is 11.9. The van der Waals surface area contributed by atoms with E-state index in [1.54, 1.807) is 18.3 Å². The predicted octanol–water partition coefficient (Wildman–Crippen LogP) is 5.08. The van der Waals surface area contributed by atoms with Crippen LogP contribution < -0.4 is 15.8 Å². The molecule has 0 saturated carbocycles. The first kappa shape index (κ1) is 27.7. The smallest absolute Gasteiger partial charge is 0.320 e. The number of aromatic nitrogens is 2. The number of nitrogens with two attached hydrogens (primary N) is 1. The number of ether oxygens (including phenoxy) is 1. The summed E-state index contributed by atoms with van der Waals surface area (Å²) >= 11 is 0. The summed E-state index contributed by atoms with van der Waals surface area (Å²) < 4.78 is 5.24. The highest BCUT2D eigenvalue weighted by atomic mass is 16.5. The van der Waals surface area contributed by atoms with E-state index >= 15 is 0 Å². The minimum atomic E-state index is -1.03. The predicted molar refractivity (Wildman–Crippen MR) is 144 cm³/mol. The Balaban J connectivity index is 2.09. The Morgan fingerprint density at radius 3 is 2.24 bits per heavy atom. The molecular formula is C28H36N4O5. The molecule has 2 aromatic carbocycles. The third-order valence-electron chi connectivity index (χ3n) is 6.26. The summed E-state index contributed by atoms with van der Waals surface area (Å²) in [5, 5.41) is 33.8. The molecule has 0 spiro atoms. The van der Waals surface area contributed by atoms with E-state index in [1.165, 1.54) is 13.2 Å². The van der Waals surface area contributed by atoms with Crippen LogP contribution >= 0.6 is 0 Å². The fourth-order valence-electron chi connectivity index (χ4n) is 4.08. The van der Waals surface area contributed by atoms with Gasteiger partial charge in [-0.1, -0.05) is 27.7 Å². The zero-order valence-electron chi connectivity index (χ0n) is 21.9. The highest BCUT2D eigenvalue weighted by Crippen LogP contribution is 2.42. The number of carbonyl (C=O) groups is 1. The van der Waals surface area contributed by atoms with E-state index in [9.17, 15) is 15.0 Å². The highest BCUT2D eigenvalue weighted by molar-refractivity contribution is 5.85. The average molecular weight is 509 g/mol. The molecule has 3 rings (SSSR count). The molecule has 0 fully saturated rings. The molecule has 6 N–H and O–H groups in total. The van der Waals surface area contributed by atoms with Crippen LogP contribution in [0, 0.1) is 0 Å². The lowest BCUT2D eigenvalue weighted by Crippen LogP contribution is -2.30. The molecule has 0 saturated heterocycles. The van der Waals surface area contributed by atoms with Gasteiger partial charge < -0.3 is 31.1 Å². The molecule has 9 nitrogen and oxygen atoms in total. The van der Waals surface area contributed by atoms with Crippen molar-refractivity contribution in [2.75, 3.05) is 19.0 Å². The summed E-state index contributed by atoms with van der Waals surface area (Å²) in [6.07, 6.45) is 2.53. The zero-order chi connectivity index (χ0) is 27.3. The number of hydrogen-bond donors (Lipinski definition) is 5. The normalized spacial score (nSPS) is 12.1. The van der Waals surface area contributed by atoms with Gasteiger partial charge in [0, 0.05) is 29.9 Å². The molecule has 1 heterocycles. The van der Waals surface area contributed by atoms with E-state index < -0.39 is 12.0 Å². The highest BCUT2D eigenvalue weighted by Gasteiger charge is 2.20. The quantitative estimate of drug-likeness (QED) is 0.223. The third kappa shape index (κ3) is 6.48. The van der Waals surface area contributed by atoms with Crippen molar-refractivity contribution in [3.63, 3.8) is 0 Å². The minimum Gasteiger partial charge on any atom is -0.507 e. The Kier molecular flexibility index (Phi) is 8.94. The molecular weight excluding hydrogens is 472 g/mol. The molecule has 1 unspecified atom stereocenters. The van der Waals surface area contributed by atoms with Crippen LogP contribution in [0.1, 0.15) is 63.5 Å². The molecule has 1 atom stereocenters. The van der Waals surface area contributed by atoms with Crippen LogP contribution in [0.3, 0.4) is 0 Å². The molecule has 0 radical (unpaired) electrons. The number of methoxy groups -OCH3 is 1. The largest absolute Gasteiger partial charge is 0.507 e. The molecule has 0 aliphatic heterocycles. The summed E-state index contributed by atoms with van der Waals surface area (Å²) in [5.74, 6) is 0.298. The average Bonchev–Trinajstić information content (AvgIpc) is 2.86. The first-order chi connectivity index (χ1) is 17.5. The number of rotatable bonds is 11. The van der Waals surface area contributed by atoms with Gasteiger partial charge in [0.2, 0.25) is 5.95 Å². The zero-order valence-corrected chi connectivity index (χ0v) is 21.9. The second-order valence-electron chi connectivity index (χ2n) is 9.67. The van der Waals surface area contributed by atoms with Gasteiger partial charge in [-0.15, -0.1) is 0 Å². The number of phenols is 2. The summed E-state index contributed by atoms with van der Waals surface area (Å²) in [7, 11) is 1.53. The topological polar surface area (TPSA) is 151 Å². The molecule has 0 amide bonds. The maximum atomic E-state index is 10.9. The first-order valence-electron chi connectivity index (χ1n) is 12.4. The number of carboxylic acids is 1. The maximum Gasteiger partial charge on any atom is 0.320 e. The number of phenolic OH excluding ortho intramolecular Hbond substituents is 2. The van der Waals surface area contributed by atoms with Gasteiger partial charge in [-0.3, -0.25) is 4.79 Å². The Morgan fingerprint density at radius 1 is 1.05 bits per heavy atom. The summed E-state index contributed by atoms with van der Waals surface area (Å²) in [5.41, 5.74) is 9.76. The van der Waals surface area contributed by atoms with Gasteiger partial charge in [0.1, 0.15) is 23.3 Å². The first-order valence-corrected chi connectivity index (χ1v) is 12.4. The fraction of sp³-hybridized carbons (Fsp3) is 0.393. The number of nitrogens with zero attached hydrogens (tertiary/aromatic N) is 2. The number of hydrogen-bond acceptors (Lipinski definition) is 8. The molecule has 1 aromatic heterocycles. The van der Waals surface area contributed by atoms with E-state index in [4.69, 9.17) is 20.6 Å². The number of benzene rings is 2. The Bertz CT molecular complexity index is 1230. The number of aliphatic carboxylic acids is 1. The van der Waals surface area contributed by atoms with Crippen molar-refractivity contribution < 1.29 is 24.9 Å². The molecule has 0 bridgehead atoms. The lowest BCUT2D eigenvalue weighted by Gasteiger charge is -2.19. The molecule has 9 heteroatoms. The van der Waals surface area contributed by atoms with Crippen LogP contribution in [0.2, 0.25) is 0 Å². The summed E-state index contributed by atoms with van der Waals surface area (Å²) in [4.78, 5) is 20.2. The minimum absolute atomic E-state index is 0.00428. The molecule has 0 aliphatic rings. The van der Waals surface area contributed by atoms with E-state index in [0.717, 1.165) is 16.7 Å². The number of aromatic hydroxyl groups is 2. The van der Waals surface area contributed by atoms with Crippen molar-refractivity contribution in [3.05, 3.63) is 47.7 Å². The van der Waals surface area contributed by atoms with Gasteiger partial charge in [-0.2, -0.15) is 0 Å². The van der Waals surface area contributed by atoms with Crippen molar-refractivity contribution in [1.82, 2.24) is 9.97 Å². The Morgan fingerprint density at radius 2 is 1.70 bits per heavy atom. The lowest BCUT2D eigenvalue weighted by atomic mass is 9.89. The van der Waals surface area contributed by atoms with Crippen LogP contribution in [0.25, 0.3) is 22.4 Å². The van der Waals surface area contributed by atoms with Crippen molar-refractivity contribution in [2.45, 2.75) is 58.4 Å². The number of carboxylic acid groups (broad SMARTS) is 1. The second-order valence-corrected chi connectivity index (χ2v) is 9.67. The van der Waals surface area contributed by atoms with Crippen LogP contribution in [0.15, 0.2) is 36.5 Å². The van der Waals surface area contributed by atoms with E-state index in [2.05, 4.69) is 10.3 Å². The molecule has 37 heavy (non-hydrogen) atoms. The van der Waals surface area contributed by atoms with Gasteiger partial charge in [0.25, 0.3) is 0 Å². The van der Waals surface area contributed by atoms with Crippen molar-refractivity contribution in [3.8, 4) is 39.6 Å². The molecule has 198 valence electrons. The van der Waals surface area contributed by atoms with E-state index in [-0.39, 0.29) is 17.6 Å². The van der Waals surface area contributed by atoms with Crippen LogP contribution in [0.5, 0.6) is 17.2 Å². The van der Waals surface area contributed by atoms with Gasteiger partial charge in [0.15, 0.2) is 0 Å². The van der Waals surface area contributed by atoms with Gasteiger partial charge >= 0.3 is 5.97 Å². The van der Waals surface area contributed by atoms with Crippen LogP contribution in [-0.2, 0) is 4.79 Å². The van der Waals surface area contributed by atoms with Crippen molar-refractivity contribution >= 4 is 11.9 Å². The van der Waals surface area contributed by atoms with E-state index in [1.807, 2.05) is 39.8 Å². The SMILES string of the molecule is COc1ccc(-c2nc(NCCCC(N)C(=O)O)ncc2-c2cc(C(C)C)c(O)c(C(C)C)c2)c(O)c1. The molecule has 0 aliphatic carbocycles. The standard InChI is InChI=1S/C28H36N4O5/c1-15(2)20-11-17(12-21(16(3)4)26(20)34)22-14-31-28(30-10-6-7-23(29)27(35)36)32-25(22)19-9-8-18(37-5)13-24(19)33/h8-9,11-16,23,33-34H,6-7,10,29H2,1-5H3,(H,35,36)(H,30,31,32). The molecule has 3 aromatic rings. The van der Waals surface area contributed by atoms with E-state index in [0.29, 0.717) is 53.7 Å². The van der Waals surface area contributed by atoms with Gasteiger partial charge in [0.05, 0.1) is 12.8 Å². The third-order valence-corrected chi connectivity index (χ3v) is 6.26. The van der Waals surface area contributed by atoms with Crippen LogP contribution in [-0.4, -0.2) is 51.0 Å². The van der Waals surface area contributed by atoms with Crippen LogP contribution in [0.4, 0.5) is 5.95 Å². The fourth-order valence-corrected chi connectivity index (χ4v) is 4.08. The number of anilines is 1. The Hall–Kier alpha value is -3.85. The number of nitrogens with one attached hydrogen (secondary N) is 1.